The zero-order chi connectivity index (χ0) is 7.40. The monoisotopic (exact) mass is 159 g/mol. The minimum Gasteiger partial charge on any atom is -0.545 e. The average Bonchev–Trinajstić information content (AvgIpc) is 2.12. The molecular formula is C7H6NNaO2. The predicted molar refractivity (Wildman–Crippen MR) is 34.5 cm³/mol. The summed E-state index contributed by atoms with van der Waals surface area (Å²) in [6.45, 7) is 0. The number of aliphatic carboxylic acids is 1. The van der Waals surface area contributed by atoms with Gasteiger partial charge in [-0.3, -0.25) is 0 Å². The number of hydrogen-bond acceptors (Lipinski definition) is 3. The number of hydrogen-bond donors (Lipinski definition) is 1. The minimum absolute atomic E-state index is 0. The first-order chi connectivity index (χ1) is 4.80. The van der Waals surface area contributed by atoms with Crippen molar-refractivity contribution >= 4 is 5.97 Å². The molecular weight excluding hydrogens is 153 g/mol. The van der Waals surface area contributed by atoms with E-state index in [0.29, 0.717) is 0 Å². The molecule has 0 amide bonds. The van der Waals surface area contributed by atoms with Crippen molar-refractivity contribution in [3.05, 3.63) is 36.2 Å². The van der Waals surface area contributed by atoms with Crippen LogP contribution in [0.15, 0.2) is 36.2 Å². The fraction of sp³-hybridized carbons (Fsp3) is 0. The Morgan fingerprint density at radius 2 is 2.18 bits per heavy atom. The molecule has 0 atom stereocenters. The van der Waals surface area contributed by atoms with Crippen LogP contribution in [0, 0.1) is 0 Å². The summed E-state index contributed by atoms with van der Waals surface area (Å²) in [5, 5.41) is 12.9. The molecule has 0 unspecified atom stereocenters. The number of carboxylic acid groups (broad SMARTS) is 1. The van der Waals surface area contributed by atoms with Crippen LogP contribution in [0.1, 0.15) is 0 Å². The van der Waals surface area contributed by atoms with Crippen LogP contribution in [-0.2, 0) is 4.79 Å². The topological polar surface area (TPSA) is 52.2 Å². The van der Waals surface area contributed by atoms with Gasteiger partial charge in [0, 0.05) is 18.0 Å². The van der Waals surface area contributed by atoms with Crippen LogP contribution in [0.4, 0.5) is 0 Å². The van der Waals surface area contributed by atoms with Gasteiger partial charge in [0.05, 0.1) is 5.97 Å². The van der Waals surface area contributed by atoms with E-state index in [0.717, 1.165) is 0 Å². The Morgan fingerprint density at radius 3 is 2.82 bits per heavy atom. The van der Waals surface area contributed by atoms with Crippen LogP contribution < -0.4 is 40.0 Å². The summed E-state index contributed by atoms with van der Waals surface area (Å²) in [6.07, 6.45) is 7.79. The van der Waals surface area contributed by atoms with Crippen LogP contribution in [0.3, 0.4) is 0 Å². The third-order valence-electron chi connectivity index (χ3n) is 1.05. The summed E-state index contributed by atoms with van der Waals surface area (Å²) in [4.78, 5) is 10.2. The van der Waals surface area contributed by atoms with Crippen LogP contribution in [-0.4, -0.2) is 5.97 Å². The first-order valence-corrected chi connectivity index (χ1v) is 2.81. The van der Waals surface area contributed by atoms with Crippen LogP contribution >= 0.6 is 0 Å². The Hall–Kier alpha value is -0.510. The van der Waals surface area contributed by atoms with Gasteiger partial charge >= 0.3 is 29.6 Å². The summed E-state index contributed by atoms with van der Waals surface area (Å²) in [5.74, 6) is -1.17. The van der Waals surface area contributed by atoms with E-state index < -0.39 is 5.97 Å². The standard InChI is InChI=1S/C7H7NO2.Na/c9-7(10)6-3-1-2-4-8-5-6;/h1-5,8H,(H,9,10);/q;+1/p-1. The Balaban J connectivity index is 0.000001000. The number of carbonyl (C=O) groups is 1. The molecule has 0 aromatic carbocycles. The minimum atomic E-state index is -1.17. The SMILES string of the molecule is O=C([O-])C1=CNC=CC=C1.[Na+]. The van der Waals surface area contributed by atoms with E-state index in [1.165, 1.54) is 12.3 Å². The maximum Gasteiger partial charge on any atom is 1.00 e. The Labute approximate surface area is 86.8 Å². The molecule has 0 spiro atoms. The predicted octanol–water partition coefficient (Wildman–Crippen LogP) is -3.70. The van der Waals surface area contributed by atoms with Gasteiger partial charge < -0.3 is 15.2 Å². The van der Waals surface area contributed by atoms with Gasteiger partial charge in [0.2, 0.25) is 0 Å². The number of nitrogens with one attached hydrogen (secondary N) is 1. The summed E-state index contributed by atoms with van der Waals surface area (Å²) in [7, 11) is 0. The molecule has 1 heterocycles. The van der Waals surface area contributed by atoms with Crippen molar-refractivity contribution in [2.24, 2.45) is 0 Å². The second-order valence-electron chi connectivity index (χ2n) is 1.77. The van der Waals surface area contributed by atoms with Crippen molar-refractivity contribution in [1.82, 2.24) is 5.32 Å². The van der Waals surface area contributed by atoms with E-state index in [2.05, 4.69) is 5.32 Å². The van der Waals surface area contributed by atoms with E-state index in [-0.39, 0.29) is 35.1 Å². The maximum atomic E-state index is 10.2. The van der Waals surface area contributed by atoms with Gasteiger partial charge in [-0.2, -0.15) is 0 Å². The molecule has 1 aliphatic rings. The third kappa shape index (κ3) is 3.41. The van der Waals surface area contributed by atoms with Crippen molar-refractivity contribution in [3.8, 4) is 0 Å². The quantitative estimate of drug-likeness (QED) is 0.400. The van der Waals surface area contributed by atoms with Crippen molar-refractivity contribution in [2.75, 3.05) is 0 Å². The molecule has 52 valence electrons. The van der Waals surface area contributed by atoms with Crippen molar-refractivity contribution in [2.45, 2.75) is 0 Å². The second-order valence-corrected chi connectivity index (χ2v) is 1.77. The van der Waals surface area contributed by atoms with E-state index >= 15 is 0 Å². The zero-order valence-electron chi connectivity index (χ0n) is 6.20. The first-order valence-electron chi connectivity index (χ1n) is 2.81. The van der Waals surface area contributed by atoms with Gasteiger partial charge in [-0.15, -0.1) is 0 Å². The molecule has 1 N–H and O–H groups in total. The molecule has 0 aromatic rings. The molecule has 0 aromatic heterocycles. The zero-order valence-corrected chi connectivity index (χ0v) is 8.20. The van der Waals surface area contributed by atoms with Gasteiger partial charge in [0.15, 0.2) is 0 Å². The molecule has 1 aliphatic heterocycles. The van der Waals surface area contributed by atoms with Gasteiger partial charge in [0.25, 0.3) is 0 Å². The smallest absolute Gasteiger partial charge is 0.545 e. The molecule has 11 heavy (non-hydrogen) atoms. The Bertz CT molecular complexity index is 231. The number of carbonyl (C=O) groups excluding carboxylic acids is 1. The summed E-state index contributed by atoms with van der Waals surface area (Å²) in [6, 6.07) is 0. The van der Waals surface area contributed by atoms with E-state index in [4.69, 9.17) is 0 Å². The molecule has 1 rings (SSSR count). The molecule has 0 radical (unpaired) electrons. The van der Waals surface area contributed by atoms with Gasteiger partial charge in [-0.05, 0) is 6.08 Å². The Morgan fingerprint density at radius 1 is 1.45 bits per heavy atom. The molecule has 0 bridgehead atoms. The van der Waals surface area contributed by atoms with Crippen molar-refractivity contribution in [1.29, 1.82) is 0 Å². The molecule has 0 saturated heterocycles. The van der Waals surface area contributed by atoms with Gasteiger partial charge in [-0.1, -0.05) is 12.2 Å². The number of rotatable bonds is 1. The largest absolute Gasteiger partial charge is 1.00 e. The summed E-state index contributed by atoms with van der Waals surface area (Å²) >= 11 is 0. The fourth-order valence-corrected chi connectivity index (χ4v) is 0.583. The summed E-state index contributed by atoms with van der Waals surface area (Å²) < 4.78 is 0. The second kappa shape index (κ2) is 5.18. The average molecular weight is 159 g/mol. The van der Waals surface area contributed by atoms with E-state index in [1.807, 2.05) is 0 Å². The first kappa shape index (κ1) is 10.5. The number of allylic oxidation sites excluding steroid dienone is 2. The molecule has 0 saturated carbocycles. The Kier molecular flexibility index (Phi) is 4.94. The van der Waals surface area contributed by atoms with Crippen molar-refractivity contribution < 1.29 is 39.5 Å². The molecule has 3 nitrogen and oxygen atoms in total. The molecule has 4 heteroatoms. The van der Waals surface area contributed by atoms with Crippen LogP contribution in [0.2, 0.25) is 0 Å². The normalized spacial score (nSPS) is 14.0. The van der Waals surface area contributed by atoms with Crippen molar-refractivity contribution in [3.63, 3.8) is 0 Å². The summed E-state index contributed by atoms with van der Waals surface area (Å²) in [5.41, 5.74) is 0.144. The molecule has 0 fully saturated rings. The fourth-order valence-electron chi connectivity index (χ4n) is 0.583. The van der Waals surface area contributed by atoms with Crippen LogP contribution in [0.5, 0.6) is 0 Å². The van der Waals surface area contributed by atoms with E-state index in [9.17, 15) is 9.90 Å². The number of carboxylic acids is 1. The third-order valence-corrected chi connectivity index (χ3v) is 1.05. The van der Waals surface area contributed by atoms with Crippen LogP contribution in [0.25, 0.3) is 0 Å². The van der Waals surface area contributed by atoms with Gasteiger partial charge in [0.1, 0.15) is 0 Å². The van der Waals surface area contributed by atoms with Gasteiger partial charge in [-0.25, -0.2) is 0 Å². The van der Waals surface area contributed by atoms with E-state index in [1.54, 1.807) is 18.4 Å². The maximum absolute atomic E-state index is 10.2. The molecule has 0 aliphatic carbocycles.